The number of aromatic nitrogens is 1. The summed E-state index contributed by atoms with van der Waals surface area (Å²) < 4.78 is 5.02. The van der Waals surface area contributed by atoms with Gasteiger partial charge in [-0.25, -0.2) is 4.98 Å². The van der Waals surface area contributed by atoms with E-state index in [-0.39, 0.29) is 19.1 Å². The molecule has 0 atom stereocenters. The summed E-state index contributed by atoms with van der Waals surface area (Å²) in [4.78, 5) is 26.8. The zero-order valence-electron chi connectivity index (χ0n) is 10.0. The van der Waals surface area contributed by atoms with Crippen LogP contribution in [0.4, 0.5) is 0 Å². The second-order valence-corrected chi connectivity index (χ2v) is 4.42. The quantitative estimate of drug-likeness (QED) is 0.843. The first-order valence-electron chi connectivity index (χ1n) is 5.61. The lowest BCUT2D eigenvalue weighted by atomic mass is 10.2. The van der Waals surface area contributed by atoms with Crippen LogP contribution in [0.25, 0.3) is 0 Å². The van der Waals surface area contributed by atoms with E-state index in [1.54, 1.807) is 10.9 Å². The van der Waals surface area contributed by atoms with E-state index in [1.165, 1.54) is 11.3 Å². The number of thiazole rings is 1. The van der Waals surface area contributed by atoms with E-state index in [2.05, 4.69) is 10.3 Å². The summed E-state index contributed by atoms with van der Waals surface area (Å²) in [6.45, 7) is 0.0371. The standard InChI is InChI=1S/C13H12N2O3S/c16-12(18-7-10-4-2-1-3-5-10)6-14-13(17)11-8-19-9-15-11/h1-5,8-9H,6-7H2,(H,14,17). The van der Waals surface area contributed by atoms with E-state index >= 15 is 0 Å². The van der Waals surface area contributed by atoms with Crippen molar-refractivity contribution in [2.45, 2.75) is 6.61 Å². The molecule has 1 amide bonds. The van der Waals surface area contributed by atoms with Gasteiger partial charge in [-0.2, -0.15) is 0 Å². The third-order valence-corrected chi connectivity index (χ3v) is 2.89. The number of rotatable bonds is 5. The van der Waals surface area contributed by atoms with Gasteiger partial charge in [-0.15, -0.1) is 11.3 Å². The smallest absolute Gasteiger partial charge is 0.325 e. The Morgan fingerprint density at radius 1 is 1.26 bits per heavy atom. The zero-order valence-corrected chi connectivity index (χ0v) is 10.9. The second-order valence-electron chi connectivity index (χ2n) is 3.70. The Morgan fingerprint density at radius 3 is 2.74 bits per heavy atom. The van der Waals surface area contributed by atoms with Gasteiger partial charge in [0.15, 0.2) is 0 Å². The Labute approximate surface area is 114 Å². The number of carbonyl (C=O) groups excluding carboxylic acids is 2. The Bertz CT molecular complexity index is 540. The highest BCUT2D eigenvalue weighted by Gasteiger charge is 2.10. The maximum atomic E-state index is 11.5. The van der Waals surface area contributed by atoms with Gasteiger partial charge < -0.3 is 10.1 Å². The number of amides is 1. The molecular formula is C13H12N2O3S. The Hall–Kier alpha value is -2.21. The van der Waals surface area contributed by atoms with Gasteiger partial charge in [-0.05, 0) is 5.56 Å². The van der Waals surface area contributed by atoms with Crippen LogP contribution >= 0.6 is 11.3 Å². The molecule has 0 saturated carbocycles. The third kappa shape index (κ3) is 4.18. The molecule has 1 N–H and O–H groups in total. The van der Waals surface area contributed by atoms with Gasteiger partial charge in [0.1, 0.15) is 18.8 Å². The topological polar surface area (TPSA) is 68.3 Å². The predicted molar refractivity (Wildman–Crippen MR) is 70.7 cm³/mol. The number of hydrogen-bond acceptors (Lipinski definition) is 5. The monoisotopic (exact) mass is 276 g/mol. The fourth-order valence-corrected chi connectivity index (χ4v) is 1.89. The number of esters is 1. The SMILES string of the molecule is O=C(CNC(=O)c1cscn1)OCc1ccccc1. The van der Waals surface area contributed by atoms with Crippen molar-refractivity contribution in [2.75, 3.05) is 6.54 Å². The number of nitrogens with zero attached hydrogens (tertiary/aromatic N) is 1. The molecule has 6 heteroatoms. The van der Waals surface area contributed by atoms with Crippen molar-refractivity contribution >= 4 is 23.2 Å². The van der Waals surface area contributed by atoms with Gasteiger partial charge >= 0.3 is 5.97 Å². The summed E-state index contributed by atoms with van der Waals surface area (Å²) in [5.41, 5.74) is 2.77. The largest absolute Gasteiger partial charge is 0.460 e. The van der Waals surface area contributed by atoms with Crippen molar-refractivity contribution in [1.29, 1.82) is 0 Å². The number of carbonyl (C=O) groups is 2. The molecule has 0 spiro atoms. The molecule has 0 aliphatic carbocycles. The fourth-order valence-electron chi connectivity index (χ4n) is 1.36. The van der Waals surface area contributed by atoms with E-state index < -0.39 is 5.97 Å². The minimum absolute atomic E-state index is 0.163. The second kappa shape index (κ2) is 6.65. The van der Waals surface area contributed by atoms with Crippen LogP contribution in [-0.4, -0.2) is 23.4 Å². The molecule has 19 heavy (non-hydrogen) atoms. The highest BCUT2D eigenvalue weighted by molar-refractivity contribution is 7.07. The van der Waals surface area contributed by atoms with Crippen molar-refractivity contribution in [2.24, 2.45) is 0 Å². The molecule has 5 nitrogen and oxygen atoms in total. The molecular weight excluding hydrogens is 264 g/mol. The number of hydrogen-bond donors (Lipinski definition) is 1. The third-order valence-electron chi connectivity index (χ3n) is 2.30. The molecule has 2 aromatic rings. The van der Waals surface area contributed by atoms with E-state index in [1.807, 2.05) is 30.3 Å². The Morgan fingerprint density at radius 2 is 2.05 bits per heavy atom. The lowest BCUT2D eigenvalue weighted by Gasteiger charge is -2.05. The van der Waals surface area contributed by atoms with Crippen LogP contribution in [0.2, 0.25) is 0 Å². The van der Waals surface area contributed by atoms with Crippen LogP contribution < -0.4 is 5.32 Å². The molecule has 2 rings (SSSR count). The molecule has 1 aromatic heterocycles. The summed E-state index contributed by atoms with van der Waals surface area (Å²) in [5.74, 6) is -0.856. The average molecular weight is 276 g/mol. The molecule has 0 saturated heterocycles. The van der Waals surface area contributed by atoms with Crippen LogP contribution in [0.5, 0.6) is 0 Å². The molecule has 0 unspecified atom stereocenters. The van der Waals surface area contributed by atoms with Crippen LogP contribution in [0.15, 0.2) is 41.2 Å². The van der Waals surface area contributed by atoms with Crippen molar-refractivity contribution in [3.05, 3.63) is 52.5 Å². The minimum atomic E-state index is -0.479. The summed E-state index contributed by atoms with van der Waals surface area (Å²) in [6.07, 6.45) is 0. The lowest BCUT2D eigenvalue weighted by molar-refractivity contribution is -0.143. The maximum Gasteiger partial charge on any atom is 0.325 e. The fraction of sp³-hybridized carbons (Fsp3) is 0.154. The molecule has 98 valence electrons. The number of benzene rings is 1. The maximum absolute atomic E-state index is 11.5. The van der Waals surface area contributed by atoms with Crippen LogP contribution in [0.1, 0.15) is 16.1 Å². The van der Waals surface area contributed by atoms with Gasteiger partial charge in [0.25, 0.3) is 5.91 Å². The summed E-state index contributed by atoms with van der Waals surface area (Å²) in [6, 6.07) is 9.35. The van der Waals surface area contributed by atoms with Crippen LogP contribution in [0, 0.1) is 0 Å². The summed E-state index contributed by atoms with van der Waals surface area (Å²) in [7, 11) is 0. The van der Waals surface area contributed by atoms with Crippen molar-refractivity contribution in [3.63, 3.8) is 0 Å². The highest BCUT2D eigenvalue weighted by Crippen LogP contribution is 2.01. The molecule has 0 aliphatic heterocycles. The zero-order chi connectivity index (χ0) is 13.5. The van der Waals surface area contributed by atoms with Crippen molar-refractivity contribution in [3.8, 4) is 0 Å². The first-order valence-corrected chi connectivity index (χ1v) is 6.56. The minimum Gasteiger partial charge on any atom is -0.460 e. The first-order chi connectivity index (χ1) is 9.25. The van der Waals surface area contributed by atoms with Gasteiger partial charge in [-0.1, -0.05) is 30.3 Å². The lowest BCUT2D eigenvalue weighted by Crippen LogP contribution is -2.30. The van der Waals surface area contributed by atoms with E-state index in [9.17, 15) is 9.59 Å². The number of ether oxygens (including phenoxy) is 1. The molecule has 1 aromatic carbocycles. The van der Waals surface area contributed by atoms with Gasteiger partial charge in [-0.3, -0.25) is 9.59 Å². The van der Waals surface area contributed by atoms with Crippen molar-refractivity contribution in [1.82, 2.24) is 10.3 Å². The normalized spacial score (nSPS) is 9.89. The molecule has 0 radical (unpaired) electrons. The number of nitrogens with one attached hydrogen (secondary N) is 1. The molecule has 0 bridgehead atoms. The predicted octanol–water partition coefficient (Wildman–Crippen LogP) is 1.62. The van der Waals surface area contributed by atoms with E-state index in [0.29, 0.717) is 5.69 Å². The van der Waals surface area contributed by atoms with E-state index in [4.69, 9.17) is 4.74 Å². The molecule has 1 heterocycles. The summed E-state index contributed by atoms with van der Waals surface area (Å²) >= 11 is 1.32. The van der Waals surface area contributed by atoms with E-state index in [0.717, 1.165) is 5.56 Å². The summed E-state index contributed by atoms with van der Waals surface area (Å²) in [5, 5.41) is 4.07. The average Bonchev–Trinajstić information content (AvgIpc) is 2.98. The van der Waals surface area contributed by atoms with Gasteiger partial charge in [0.05, 0.1) is 5.51 Å². The highest BCUT2D eigenvalue weighted by atomic mass is 32.1. The van der Waals surface area contributed by atoms with Crippen LogP contribution in [-0.2, 0) is 16.1 Å². The first kappa shape index (κ1) is 13.2. The Kier molecular flexibility index (Phi) is 4.63. The van der Waals surface area contributed by atoms with Gasteiger partial charge in [0, 0.05) is 5.38 Å². The van der Waals surface area contributed by atoms with Gasteiger partial charge in [0.2, 0.25) is 0 Å². The van der Waals surface area contributed by atoms with Crippen molar-refractivity contribution < 1.29 is 14.3 Å². The Balaban J connectivity index is 1.72. The van der Waals surface area contributed by atoms with Crippen LogP contribution in [0.3, 0.4) is 0 Å². The molecule has 0 fully saturated rings. The molecule has 0 aliphatic rings.